The second-order valence-electron chi connectivity index (χ2n) is 6.91. The second kappa shape index (κ2) is 15.8. The first-order valence-corrected chi connectivity index (χ1v) is 10.2. The lowest BCUT2D eigenvalue weighted by molar-refractivity contribution is -0.312. The summed E-state index contributed by atoms with van der Waals surface area (Å²) >= 11 is 0. The molecule has 10 nitrogen and oxygen atoms in total. The summed E-state index contributed by atoms with van der Waals surface area (Å²) in [6.07, 6.45) is -4.25. The van der Waals surface area contributed by atoms with E-state index in [2.05, 4.69) is 35.5 Å². The van der Waals surface area contributed by atoms with Gasteiger partial charge >= 0.3 is 11.9 Å². The summed E-state index contributed by atoms with van der Waals surface area (Å²) < 4.78 is 15.9. The van der Waals surface area contributed by atoms with Crippen molar-refractivity contribution in [1.82, 2.24) is 0 Å². The summed E-state index contributed by atoms with van der Waals surface area (Å²) in [5, 5.41) is 47.9. The molecule has 0 bridgehead atoms. The van der Waals surface area contributed by atoms with Crippen LogP contribution in [0, 0.1) is 35.5 Å². The van der Waals surface area contributed by atoms with Crippen LogP contribution in [0.15, 0.2) is 12.2 Å². The molecule has 0 saturated carbocycles. The maximum atomic E-state index is 11.4. The standard InChI is InChI=1S/C23H28O10/c1-2-3-4-5-6-7-8-9-10-11-16(12-13-31-19(27)14-18(25)26)32-23-22(30)21(29)20(28)17(15-24)33-23/h8-9,16-17,20-24,28-30H,10-15H2,1H3,(H,25,26)/b9-8+/t16?,17-,20-,21+,22-,23-/m1/s1. The number of hydrogen-bond acceptors (Lipinski definition) is 9. The lowest BCUT2D eigenvalue weighted by Gasteiger charge is -2.40. The van der Waals surface area contributed by atoms with Crippen molar-refractivity contribution in [3.8, 4) is 35.5 Å². The van der Waals surface area contributed by atoms with Crippen LogP contribution in [-0.2, 0) is 23.8 Å². The first-order valence-electron chi connectivity index (χ1n) is 10.2. The number of carbonyl (C=O) groups is 2. The molecule has 1 heterocycles. The Hall–Kier alpha value is -2.88. The van der Waals surface area contributed by atoms with Crippen LogP contribution in [0.3, 0.4) is 0 Å². The molecule has 5 N–H and O–H groups in total. The number of ether oxygens (including phenoxy) is 3. The minimum Gasteiger partial charge on any atom is -0.481 e. The number of carbonyl (C=O) groups excluding carboxylic acids is 1. The van der Waals surface area contributed by atoms with Gasteiger partial charge in [0.1, 0.15) is 30.8 Å². The average molecular weight is 464 g/mol. The molecule has 0 amide bonds. The van der Waals surface area contributed by atoms with Gasteiger partial charge in [-0.3, -0.25) is 9.59 Å². The predicted molar refractivity (Wildman–Crippen MR) is 114 cm³/mol. The Morgan fingerprint density at radius 1 is 1.06 bits per heavy atom. The molecule has 180 valence electrons. The monoisotopic (exact) mass is 464 g/mol. The Kier molecular flexibility index (Phi) is 13.5. The largest absolute Gasteiger partial charge is 0.481 e. The van der Waals surface area contributed by atoms with Crippen molar-refractivity contribution in [2.75, 3.05) is 13.2 Å². The molecule has 33 heavy (non-hydrogen) atoms. The third-order valence-corrected chi connectivity index (χ3v) is 4.41. The Labute approximate surface area is 192 Å². The Morgan fingerprint density at radius 2 is 1.79 bits per heavy atom. The molecule has 0 aromatic carbocycles. The Bertz CT molecular complexity index is 846. The van der Waals surface area contributed by atoms with Gasteiger partial charge in [-0.2, -0.15) is 0 Å². The van der Waals surface area contributed by atoms with Crippen molar-refractivity contribution in [2.24, 2.45) is 0 Å². The minimum atomic E-state index is -1.59. The highest BCUT2D eigenvalue weighted by Crippen LogP contribution is 2.24. The van der Waals surface area contributed by atoms with Crippen molar-refractivity contribution in [3.05, 3.63) is 12.2 Å². The zero-order chi connectivity index (χ0) is 24.6. The summed E-state index contributed by atoms with van der Waals surface area (Å²) in [6, 6.07) is 0. The zero-order valence-corrected chi connectivity index (χ0v) is 18.1. The van der Waals surface area contributed by atoms with Crippen molar-refractivity contribution in [1.29, 1.82) is 0 Å². The third-order valence-electron chi connectivity index (χ3n) is 4.41. The smallest absolute Gasteiger partial charge is 0.317 e. The molecule has 0 aliphatic carbocycles. The molecule has 1 fully saturated rings. The number of rotatable bonds is 11. The molecule has 0 aromatic rings. The third kappa shape index (κ3) is 11.0. The lowest BCUT2D eigenvalue weighted by atomic mass is 9.99. The van der Waals surface area contributed by atoms with Crippen LogP contribution in [0.2, 0.25) is 0 Å². The van der Waals surface area contributed by atoms with Crippen LogP contribution in [0.1, 0.15) is 32.6 Å². The first-order chi connectivity index (χ1) is 15.8. The predicted octanol–water partition coefficient (Wildman–Crippen LogP) is -1.05. The first kappa shape index (κ1) is 28.2. The van der Waals surface area contributed by atoms with Gasteiger partial charge in [0.05, 0.1) is 19.3 Å². The summed E-state index contributed by atoms with van der Waals surface area (Å²) in [6.45, 7) is 0.917. The van der Waals surface area contributed by atoms with Gasteiger partial charge < -0.3 is 39.7 Å². The number of allylic oxidation sites excluding steroid dienone is 2. The fourth-order valence-electron chi connectivity index (χ4n) is 2.76. The molecule has 1 aliphatic heterocycles. The van der Waals surface area contributed by atoms with Crippen molar-refractivity contribution < 1.29 is 49.3 Å². The van der Waals surface area contributed by atoms with E-state index in [1.807, 2.05) is 0 Å². The van der Waals surface area contributed by atoms with Gasteiger partial charge in [0.2, 0.25) is 0 Å². The van der Waals surface area contributed by atoms with Gasteiger partial charge in [-0.15, -0.1) is 0 Å². The van der Waals surface area contributed by atoms with E-state index in [1.165, 1.54) is 0 Å². The van der Waals surface area contributed by atoms with E-state index in [-0.39, 0.29) is 13.0 Å². The van der Waals surface area contributed by atoms with E-state index < -0.39 is 61.8 Å². The average Bonchev–Trinajstić information content (AvgIpc) is 2.77. The topological polar surface area (TPSA) is 163 Å². The molecule has 1 unspecified atom stereocenters. The molecule has 1 aliphatic rings. The summed E-state index contributed by atoms with van der Waals surface area (Å²) in [7, 11) is 0. The summed E-state index contributed by atoms with van der Waals surface area (Å²) in [5.41, 5.74) is 0. The van der Waals surface area contributed by atoms with E-state index in [0.717, 1.165) is 0 Å². The number of carboxylic acids is 1. The normalized spacial score (nSPS) is 24.9. The van der Waals surface area contributed by atoms with Gasteiger partial charge in [0.25, 0.3) is 0 Å². The van der Waals surface area contributed by atoms with Crippen LogP contribution in [-0.4, -0.2) is 87.5 Å². The number of aliphatic carboxylic acids is 1. The van der Waals surface area contributed by atoms with Crippen LogP contribution >= 0.6 is 0 Å². The number of aliphatic hydroxyl groups is 4. The van der Waals surface area contributed by atoms with E-state index >= 15 is 0 Å². The Balaban J connectivity index is 2.72. The van der Waals surface area contributed by atoms with E-state index in [0.29, 0.717) is 12.8 Å². The van der Waals surface area contributed by atoms with Crippen molar-refractivity contribution >= 4 is 11.9 Å². The zero-order valence-electron chi connectivity index (χ0n) is 18.1. The molecule has 1 saturated heterocycles. The molecule has 10 heteroatoms. The molecule has 0 spiro atoms. The number of esters is 1. The molecular formula is C23H28O10. The van der Waals surface area contributed by atoms with E-state index in [4.69, 9.17) is 19.3 Å². The fraction of sp³-hybridized carbons (Fsp3) is 0.565. The van der Waals surface area contributed by atoms with E-state index in [9.17, 15) is 30.0 Å². The fourth-order valence-corrected chi connectivity index (χ4v) is 2.76. The second-order valence-corrected chi connectivity index (χ2v) is 6.91. The molecular weight excluding hydrogens is 436 g/mol. The SMILES string of the molecule is CC#CC#CC#C/C=C/CCC(CCOC(=O)CC(=O)O)O[C@@H]1O[C@H](CO)[C@@H](O)[C@H](O)[C@H]1O. The lowest BCUT2D eigenvalue weighted by Crippen LogP contribution is -2.59. The van der Waals surface area contributed by atoms with Gasteiger partial charge in [-0.1, -0.05) is 17.9 Å². The molecule has 6 atom stereocenters. The van der Waals surface area contributed by atoms with Crippen molar-refractivity contribution in [3.63, 3.8) is 0 Å². The van der Waals surface area contributed by atoms with Crippen molar-refractivity contribution in [2.45, 2.75) is 69.4 Å². The highest BCUT2D eigenvalue weighted by Gasteiger charge is 2.44. The highest BCUT2D eigenvalue weighted by molar-refractivity contribution is 5.90. The summed E-state index contributed by atoms with van der Waals surface area (Å²) in [4.78, 5) is 22.0. The minimum absolute atomic E-state index is 0.140. The van der Waals surface area contributed by atoms with Crippen LogP contribution in [0.5, 0.6) is 0 Å². The Morgan fingerprint density at radius 3 is 2.45 bits per heavy atom. The highest BCUT2D eigenvalue weighted by atomic mass is 16.7. The van der Waals surface area contributed by atoms with Crippen LogP contribution < -0.4 is 0 Å². The van der Waals surface area contributed by atoms with Gasteiger partial charge in [0.15, 0.2) is 6.29 Å². The van der Waals surface area contributed by atoms with Crippen LogP contribution in [0.4, 0.5) is 0 Å². The number of carboxylic acid groups (broad SMARTS) is 1. The quantitative estimate of drug-likeness (QED) is 0.145. The maximum absolute atomic E-state index is 11.4. The molecule has 0 radical (unpaired) electrons. The summed E-state index contributed by atoms with van der Waals surface area (Å²) in [5.74, 6) is 13.4. The van der Waals surface area contributed by atoms with Gasteiger partial charge in [-0.05, 0) is 49.5 Å². The maximum Gasteiger partial charge on any atom is 0.317 e. The number of aliphatic hydroxyl groups excluding tert-OH is 4. The van der Waals surface area contributed by atoms with E-state index in [1.54, 1.807) is 19.1 Å². The van der Waals surface area contributed by atoms with Gasteiger partial charge in [0, 0.05) is 6.42 Å². The van der Waals surface area contributed by atoms with Gasteiger partial charge in [-0.25, -0.2) is 0 Å². The molecule has 1 rings (SSSR count). The number of hydrogen-bond donors (Lipinski definition) is 5. The molecule has 0 aromatic heterocycles. The van der Waals surface area contributed by atoms with Crippen LogP contribution in [0.25, 0.3) is 0 Å².